The van der Waals surface area contributed by atoms with Crippen LogP contribution in [-0.2, 0) is 4.79 Å². The summed E-state index contributed by atoms with van der Waals surface area (Å²) < 4.78 is 0. The molecule has 0 saturated heterocycles. The molecule has 0 aromatic rings. The lowest BCUT2D eigenvalue weighted by molar-refractivity contribution is -0.126. The molecule has 0 radical (unpaired) electrons. The first kappa shape index (κ1) is 11.5. The first-order chi connectivity index (χ1) is 6.65. The van der Waals surface area contributed by atoms with Crippen molar-refractivity contribution in [3.63, 3.8) is 0 Å². The van der Waals surface area contributed by atoms with E-state index in [-0.39, 0.29) is 17.9 Å². The van der Waals surface area contributed by atoms with Crippen LogP contribution in [0, 0.1) is 11.8 Å². The van der Waals surface area contributed by atoms with Crippen LogP contribution < -0.4 is 11.1 Å². The summed E-state index contributed by atoms with van der Waals surface area (Å²) in [4.78, 5) is 11.8. The topological polar surface area (TPSA) is 55.1 Å². The van der Waals surface area contributed by atoms with Crippen LogP contribution in [0.3, 0.4) is 0 Å². The molecule has 3 N–H and O–H groups in total. The summed E-state index contributed by atoms with van der Waals surface area (Å²) in [5, 5.41) is 3.03. The largest absolute Gasteiger partial charge is 0.353 e. The summed E-state index contributed by atoms with van der Waals surface area (Å²) in [7, 11) is 0. The van der Waals surface area contributed by atoms with E-state index in [1.807, 2.05) is 6.92 Å². The van der Waals surface area contributed by atoms with E-state index in [1.54, 1.807) is 0 Å². The minimum Gasteiger partial charge on any atom is -0.353 e. The van der Waals surface area contributed by atoms with E-state index >= 15 is 0 Å². The van der Waals surface area contributed by atoms with Gasteiger partial charge in [0.15, 0.2) is 0 Å². The summed E-state index contributed by atoms with van der Waals surface area (Å²) in [5.74, 6) is 1.03. The van der Waals surface area contributed by atoms with Crippen molar-refractivity contribution in [3.05, 3.63) is 0 Å². The Morgan fingerprint density at radius 1 is 1.57 bits per heavy atom. The normalized spacial score (nSPS) is 28.8. The second-order valence-corrected chi connectivity index (χ2v) is 4.50. The first-order valence-corrected chi connectivity index (χ1v) is 5.65. The van der Waals surface area contributed by atoms with Gasteiger partial charge in [0.1, 0.15) is 0 Å². The first-order valence-electron chi connectivity index (χ1n) is 5.65. The predicted molar refractivity (Wildman–Crippen MR) is 57.8 cm³/mol. The van der Waals surface area contributed by atoms with Gasteiger partial charge >= 0.3 is 0 Å². The molecule has 0 bridgehead atoms. The Hall–Kier alpha value is -0.570. The van der Waals surface area contributed by atoms with Crippen molar-refractivity contribution < 1.29 is 4.79 Å². The van der Waals surface area contributed by atoms with Crippen LogP contribution in [-0.4, -0.2) is 18.5 Å². The fourth-order valence-corrected chi connectivity index (χ4v) is 2.21. The molecule has 0 aromatic heterocycles. The Morgan fingerprint density at radius 2 is 2.29 bits per heavy atom. The molecular formula is C11H22N2O. The Labute approximate surface area is 86.4 Å². The molecule has 0 spiro atoms. The van der Waals surface area contributed by atoms with E-state index in [2.05, 4.69) is 12.2 Å². The summed E-state index contributed by atoms with van der Waals surface area (Å²) in [6.07, 6.45) is 4.32. The van der Waals surface area contributed by atoms with E-state index in [0.717, 1.165) is 12.8 Å². The Kier molecular flexibility index (Phi) is 4.39. The van der Waals surface area contributed by atoms with Crippen molar-refractivity contribution in [2.75, 3.05) is 6.54 Å². The number of hydrogen-bond acceptors (Lipinski definition) is 2. The number of amides is 1. The van der Waals surface area contributed by atoms with Gasteiger partial charge < -0.3 is 11.1 Å². The van der Waals surface area contributed by atoms with Crippen molar-refractivity contribution in [1.29, 1.82) is 0 Å². The highest BCUT2D eigenvalue weighted by Crippen LogP contribution is 2.31. The minimum absolute atomic E-state index is 0.222. The van der Waals surface area contributed by atoms with Crippen molar-refractivity contribution in [2.24, 2.45) is 17.6 Å². The molecule has 1 fully saturated rings. The zero-order chi connectivity index (χ0) is 10.6. The molecule has 14 heavy (non-hydrogen) atoms. The molecule has 1 amide bonds. The van der Waals surface area contributed by atoms with Crippen LogP contribution in [0.4, 0.5) is 0 Å². The van der Waals surface area contributed by atoms with Crippen LogP contribution in [0.1, 0.15) is 39.5 Å². The molecule has 0 aliphatic heterocycles. The van der Waals surface area contributed by atoms with Gasteiger partial charge in [-0.25, -0.2) is 0 Å². The molecule has 82 valence electrons. The number of carbonyl (C=O) groups excluding carboxylic acids is 1. The van der Waals surface area contributed by atoms with E-state index < -0.39 is 0 Å². The quantitative estimate of drug-likeness (QED) is 0.715. The van der Waals surface area contributed by atoms with Gasteiger partial charge in [-0.15, -0.1) is 0 Å². The molecule has 3 nitrogen and oxygen atoms in total. The highest BCUT2D eigenvalue weighted by molar-refractivity contribution is 5.79. The second-order valence-electron chi connectivity index (χ2n) is 4.50. The lowest BCUT2D eigenvalue weighted by atomic mass is 9.97. The smallest absolute Gasteiger partial charge is 0.223 e. The summed E-state index contributed by atoms with van der Waals surface area (Å²) in [6, 6.07) is 0.222. The average Bonchev–Trinajstić information content (AvgIpc) is 2.51. The van der Waals surface area contributed by atoms with Gasteiger partial charge in [-0.2, -0.15) is 0 Å². The fourth-order valence-electron chi connectivity index (χ4n) is 2.21. The molecule has 1 aliphatic carbocycles. The fraction of sp³-hybridized carbons (Fsp3) is 0.909. The zero-order valence-corrected chi connectivity index (χ0v) is 9.25. The average molecular weight is 198 g/mol. The predicted octanol–water partition coefficient (Wildman–Crippen LogP) is 1.28. The SMILES string of the molecule is CC(CCN)NC(=O)C1CCCC1C. The third kappa shape index (κ3) is 2.98. The standard InChI is InChI=1S/C11H22N2O/c1-8-4-3-5-10(8)11(14)13-9(2)6-7-12/h8-10H,3-7,12H2,1-2H3,(H,13,14). The molecule has 1 aliphatic rings. The molecule has 0 aromatic carbocycles. The number of nitrogens with one attached hydrogen (secondary N) is 1. The van der Waals surface area contributed by atoms with Crippen LogP contribution >= 0.6 is 0 Å². The van der Waals surface area contributed by atoms with E-state index in [0.29, 0.717) is 12.5 Å². The van der Waals surface area contributed by atoms with Crippen LogP contribution in [0.15, 0.2) is 0 Å². The van der Waals surface area contributed by atoms with Gasteiger partial charge in [0.2, 0.25) is 5.91 Å². The van der Waals surface area contributed by atoms with Gasteiger partial charge in [0.25, 0.3) is 0 Å². The highest BCUT2D eigenvalue weighted by Gasteiger charge is 2.29. The molecular weight excluding hydrogens is 176 g/mol. The molecule has 0 heterocycles. The summed E-state index contributed by atoms with van der Waals surface area (Å²) >= 11 is 0. The minimum atomic E-state index is 0.222. The molecule has 1 saturated carbocycles. The Morgan fingerprint density at radius 3 is 2.79 bits per heavy atom. The highest BCUT2D eigenvalue weighted by atomic mass is 16.1. The van der Waals surface area contributed by atoms with Crippen LogP contribution in [0.25, 0.3) is 0 Å². The summed E-state index contributed by atoms with van der Waals surface area (Å²) in [5.41, 5.74) is 5.43. The van der Waals surface area contributed by atoms with E-state index in [9.17, 15) is 4.79 Å². The number of hydrogen-bond donors (Lipinski definition) is 2. The second kappa shape index (κ2) is 5.35. The molecule has 3 unspecified atom stereocenters. The lowest BCUT2D eigenvalue weighted by Gasteiger charge is -2.19. The zero-order valence-electron chi connectivity index (χ0n) is 9.25. The Bertz CT molecular complexity index is 194. The van der Waals surface area contributed by atoms with Gasteiger partial charge in [0, 0.05) is 12.0 Å². The van der Waals surface area contributed by atoms with Gasteiger partial charge in [0.05, 0.1) is 0 Å². The maximum absolute atomic E-state index is 11.8. The van der Waals surface area contributed by atoms with E-state index in [1.165, 1.54) is 12.8 Å². The van der Waals surface area contributed by atoms with Gasteiger partial charge in [-0.3, -0.25) is 4.79 Å². The van der Waals surface area contributed by atoms with Gasteiger partial charge in [-0.1, -0.05) is 13.3 Å². The maximum Gasteiger partial charge on any atom is 0.223 e. The van der Waals surface area contributed by atoms with Gasteiger partial charge in [-0.05, 0) is 38.6 Å². The van der Waals surface area contributed by atoms with E-state index in [4.69, 9.17) is 5.73 Å². The van der Waals surface area contributed by atoms with Crippen molar-refractivity contribution >= 4 is 5.91 Å². The van der Waals surface area contributed by atoms with Crippen LogP contribution in [0.5, 0.6) is 0 Å². The maximum atomic E-state index is 11.8. The molecule has 3 atom stereocenters. The Balaban J connectivity index is 2.33. The number of rotatable bonds is 4. The van der Waals surface area contributed by atoms with Crippen molar-refractivity contribution in [1.82, 2.24) is 5.32 Å². The monoisotopic (exact) mass is 198 g/mol. The van der Waals surface area contributed by atoms with Crippen molar-refractivity contribution in [2.45, 2.75) is 45.6 Å². The molecule has 3 heteroatoms. The number of nitrogens with two attached hydrogens (primary N) is 1. The molecule has 1 rings (SSSR count). The lowest BCUT2D eigenvalue weighted by Crippen LogP contribution is -2.39. The third-order valence-corrected chi connectivity index (χ3v) is 3.19. The summed E-state index contributed by atoms with van der Waals surface area (Å²) in [6.45, 7) is 4.83. The third-order valence-electron chi connectivity index (χ3n) is 3.19. The van der Waals surface area contributed by atoms with Crippen LogP contribution in [0.2, 0.25) is 0 Å². The number of carbonyl (C=O) groups is 1. The van der Waals surface area contributed by atoms with Crippen molar-refractivity contribution in [3.8, 4) is 0 Å².